The Bertz CT molecular complexity index is 1040. The maximum Gasteiger partial charge on any atom is 0.387 e. The van der Waals surface area contributed by atoms with E-state index in [1.165, 1.54) is 40.9 Å². The van der Waals surface area contributed by atoms with Crippen LogP contribution in [0.1, 0.15) is 16.6 Å². The van der Waals surface area contributed by atoms with E-state index in [0.29, 0.717) is 26.7 Å². The molecule has 0 saturated carbocycles. The number of thiazole rings is 1. The van der Waals surface area contributed by atoms with Crippen LogP contribution in [-0.2, 0) is 4.79 Å². The molecule has 1 aliphatic heterocycles. The summed E-state index contributed by atoms with van der Waals surface area (Å²) in [7, 11) is 0. The van der Waals surface area contributed by atoms with E-state index in [1.54, 1.807) is 23.6 Å². The van der Waals surface area contributed by atoms with Gasteiger partial charge in [-0.15, -0.1) is 34.9 Å². The molecule has 1 saturated heterocycles. The molecule has 0 atom stereocenters. The van der Waals surface area contributed by atoms with Crippen LogP contribution in [0.4, 0.5) is 13.9 Å². The summed E-state index contributed by atoms with van der Waals surface area (Å²) in [6.07, 6.45) is 1.25. The van der Waals surface area contributed by atoms with E-state index in [2.05, 4.69) is 15.0 Å². The summed E-state index contributed by atoms with van der Waals surface area (Å²) in [5.41, 5.74) is 2.12. The molecule has 5 nitrogen and oxygen atoms in total. The number of nitrogens with zero attached hydrogens (tertiary/aromatic N) is 1. The monoisotopic (exact) mass is 494 g/mol. The summed E-state index contributed by atoms with van der Waals surface area (Å²) >= 11 is 5.10. The molecule has 1 N–H and O–H groups in total. The van der Waals surface area contributed by atoms with Gasteiger partial charge < -0.3 is 9.47 Å². The number of alkyl halides is 2. The molecular weight excluding hydrogens is 474 g/mol. The molecule has 1 amide bonds. The molecule has 1 aromatic heterocycles. The topological polar surface area (TPSA) is 60.5 Å². The van der Waals surface area contributed by atoms with Crippen molar-refractivity contribution in [3.63, 3.8) is 0 Å². The third-order valence-electron chi connectivity index (χ3n) is 4.48. The minimum absolute atomic E-state index is 0.0301. The predicted octanol–water partition coefficient (Wildman–Crippen LogP) is 6.30. The molecule has 0 radical (unpaired) electrons. The number of ether oxygens (including phenoxy) is 2. The van der Waals surface area contributed by atoms with E-state index < -0.39 is 6.61 Å². The molecular formula is C22H20F2N2O3S3. The van der Waals surface area contributed by atoms with Crippen LogP contribution in [0.2, 0.25) is 0 Å². The predicted molar refractivity (Wildman–Crippen MR) is 127 cm³/mol. The number of halogens is 2. The number of thioether (sulfide) groups is 2. The fourth-order valence-corrected chi connectivity index (χ4v) is 6.66. The number of carbonyl (C=O) groups excluding carboxylic acids is 1. The Hall–Kier alpha value is -2.30. The quantitative estimate of drug-likeness (QED) is 0.397. The number of amides is 1. The second kappa shape index (κ2) is 11.0. The lowest BCUT2D eigenvalue weighted by molar-refractivity contribution is -0.118. The lowest BCUT2D eigenvalue weighted by Gasteiger charge is -2.21. The summed E-state index contributed by atoms with van der Waals surface area (Å²) in [6.45, 7) is -3.09. The number of rotatable bonds is 8. The summed E-state index contributed by atoms with van der Waals surface area (Å²) < 4.78 is 35.8. The molecule has 1 aliphatic rings. The normalized spacial score (nSPS) is 14.3. The van der Waals surface area contributed by atoms with Crippen molar-refractivity contribution >= 4 is 45.9 Å². The third kappa shape index (κ3) is 6.14. The van der Waals surface area contributed by atoms with Gasteiger partial charge in [0.05, 0.1) is 10.3 Å². The first-order valence-electron chi connectivity index (χ1n) is 9.84. The van der Waals surface area contributed by atoms with Gasteiger partial charge in [0.25, 0.3) is 5.91 Å². The smallest absolute Gasteiger partial charge is 0.387 e. The van der Waals surface area contributed by atoms with Gasteiger partial charge in [0, 0.05) is 10.9 Å². The van der Waals surface area contributed by atoms with Crippen molar-refractivity contribution in [2.45, 2.75) is 17.6 Å². The largest absolute Gasteiger partial charge is 0.484 e. The highest BCUT2D eigenvalue weighted by molar-refractivity contribution is 8.16. The first-order chi connectivity index (χ1) is 15.6. The van der Waals surface area contributed by atoms with Crippen molar-refractivity contribution in [3.05, 3.63) is 59.5 Å². The van der Waals surface area contributed by atoms with Gasteiger partial charge in [0.2, 0.25) is 0 Å². The second-order valence-electron chi connectivity index (χ2n) is 6.75. The Morgan fingerprint density at radius 3 is 2.62 bits per heavy atom. The molecule has 32 heavy (non-hydrogen) atoms. The van der Waals surface area contributed by atoms with Gasteiger partial charge in [0.1, 0.15) is 11.5 Å². The van der Waals surface area contributed by atoms with E-state index in [-0.39, 0.29) is 18.3 Å². The number of carbonyl (C=O) groups is 1. The van der Waals surface area contributed by atoms with Crippen LogP contribution in [0.5, 0.6) is 11.5 Å². The first-order valence-corrected chi connectivity index (χ1v) is 12.8. The van der Waals surface area contributed by atoms with Crippen LogP contribution in [-0.4, -0.2) is 35.6 Å². The van der Waals surface area contributed by atoms with Gasteiger partial charge in [-0.1, -0.05) is 24.3 Å². The average molecular weight is 495 g/mol. The Balaban J connectivity index is 1.31. The number of aromatic nitrogens is 1. The van der Waals surface area contributed by atoms with Gasteiger partial charge in [0.15, 0.2) is 11.7 Å². The molecule has 3 aromatic rings. The molecule has 10 heteroatoms. The molecule has 4 rings (SSSR count). The van der Waals surface area contributed by atoms with Crippen molar-refractivity contribution < 1.29 is 23.0 Å². The van der Waals surface area contributed by atoms with Gasteiger partial charge >= 0.3 is 6.61 Å². The summed E-state index contributed by atoms with van der Waals surface area (Å²) in [4.78, 5) is 16.6. The second-order valence-corrected chi connectivity index (χ2v) is 10.3. The number of anilines is 1. The minimum atomic E-state index is -2.93. The van der Waals surface area contributed by atoms with Crippen molar-refractivity contribution in [2.24, 2.45) is 0 Å². The lowest BCUT2D eigenvalue weighted by atomic mass is 10.1. The standard InChI is InChI=1S/C22H20F2N2O3S3/c23-21(24)29-18-5-2-1-4-16(18)17-13-32-22(25-17)26-19(27)12-28-15-8-6-14(7-9-15)20-30-10-3-11-31-20/h1-2,4-9,13,20-21H,3,10-12H2,(H,25,26,27). The number of para-hydroxylation sites is 1. The van der Waals surface area contributed by atoms with Crippen LogP contribution in [0.3, 0.4) is 0 Å². The van der Waals surface area contributed by atoms with Gasteiger partial charge in [-0.3, -0.25) is 10.1 Å². The number of benzene rings is 2. The molecule has 0 aliphatic carbocycles. The number of nitrogens with one attached hydrogen (secondary N) is 1. The SMILES string of the molecule is O=C(COc1ccc(C2SCCCS2)cc1)Nc1nc(-c2ccccc2OC(F)F)cs1. The van der Waals surface area contributed by atoms with Crippen LogP contribution < -0.4 is 14.8 Å². The fourth-order valence-electron chi connectivity index (χ4n) is 3.04. The maximum absolute atomic E-state index is 12.6. The summed E-state index contributed by atoms with van der Waals surface area (Å²) in [5, 5.41) is 4.69. The van der Waals surface area contributed by atoms with Crippen LogP contribution in [0, 0.1) is 0 Å². The molecule has 0 spiro atoms. The van der Waals surface area contributed by atoms with Crippen molar-refractivity contribution in [2.75, 3.05) is 23.4 Å². The van der Waals surface area contributed by atoms with E-state index in [4.69, 9.17) is 4.74 Å². The zero-order valence-electron chi connectivity index (χ0n) is 16.8. The van der Waals surface area contributed by atoms with E-state index in [9.17, 15) is 13.6 Å². The number of hydrogen-bond acceptors (Lipinski definition) is 7. The average Bonchev–Trinajstić information content (AvgIpc) is 3.27. The van der Waals surface area contributed by atoms with Crippen molar-refractivity contribution in [3.8, 4) is 22.8 Å². The van der Waals surface area contributed by atoms with Crippen LogP contribution in [0.25, 0.3) is 11.3 Å². The summed E-state index contributed by atoms with van der Waals surface area (Å²) in [6, 6.07) is 14.2. The molecule has 0 bridgehead atoms. The van der Waals surface area contributed by atoms with Crippen molar-refractivity contribution in [1.29, 1.82) is 0 Å². The first kappa shape index (κ1) is 22.9. The molecule has 168 valence electrons. The maximum atomic E-state index is 12.6. The van der Waals surface area contributed by atoms with Gasteiger partial charge in [-0.2, -0.15) is 8.78 Å². The Kier molecular flexibility index (Phi) is 7.88. The highest BCUT2D eigenvalue weighted by Gasteiger charge is 2.17. The van der Waals surface area contributed by atoms with E-state index in [0.717, 1.165) is 0 Å². The van der Waals surface area contributed by atoms with Crippen molar-refractivity contribution in [1.82, 2.24) is 4.98 Å². The lowest BCUT2D eigenvalue weighted by Crippen LogP contribution is -2.20. The zero-order chi connectivity index (χ0) is 22.3. The fraction of sp³-hybridized carbons (Fsp3) is 0.273. The van der Waals surface area contributed by atoms with Gasteiger partial charge in [-0.25, -0.2) is 4.98 Å². The Morgan fingerprint density at radius 2 is 1.88 bits per heavy atom. The molecule has 1 fully saturated rings. The Morgan fingerprint density at radius 1 is 1.12 bits per heavy atom. The Labute approximate surface area is 196 Å². The van der Waals surface area contributed by atoms with E-state index >= 15 is 0 Å². The highest BCUT2D eigenvalue weighted by atomic mass is 32.2. The molecule has 2 heterocycles. The number of hydrogen-bond donors (Lipinski definition) is 1. The van der Waals surface area contributed by atoms with Gasteiger partial charge in [-0.05, 0) is 47.8 Å². The summed E-state index contributed by atoms with van der Waals surface area (Å²) in [5.74, 6) is 2.65. The molecule has 2 aromatic carbocycles. The highest BCUT2D eigenvalue weighted by Crippen LogP contribution is 2.43. The molecule has 0 unspecified atom stereocenters. The third-order valence-corrected chi connectivity index (χ3v) is 8.25. The van der Waals surface area contributed by atoms with E-state index in [1.807, 2.05) is 47.8 Å². The van der Waals surface area contributed by atoms with Crippen LogP contribution in [0.15, 0.2) is 53.9 Å². The zero-order valence-corrected chi connectivity index (χ0v) is 19.3. The van der Waals surface area contributed by atoms with Crippen LogP contribution >= 0.6 is 34.9 Å². The minimum Gasteiger partial charge on any atom is -0.484 e.